The predicted molar refractivity (Wildman–Crippen MR) is 66.5 cm³/mol. The van der Waals surface area contributed by atoms with Gasteiger partial charge in [0.1, 0.15) is 11.3 Å². The number of phenols is 1. The van der Waals surface area contributed by atoms with Crippen molar-refractivity contribution in [3.63, 3.8) is 0 Å². The Morgan fingerprint density at radius 2 is 2.11 bits per heavy atom. The first-order valence-electron chi connectivity index (χ1n) is 5.50. The molecule has 0 saturated carbocycles. The summed E-state index contributed by atoms with van der Waals surface area (Å²) >= 11 is 0. The lowest BCUT2D eigenvalue weighted by Crippen LogP contribution is -2.20. The zero-order chi connectivity index (χ0) is 13.7. The summed E-state index contributed by atoms with van der Waals surface area (Å²) < 4.78 is 0. The number of nitrogens with one attached hydrogen (secondary N) is 1. The zero-order valence-corrected chi connectivity index (χ0v) is 10.0. The van der Waals surface area contributed by atoms with Gasteiger partial charge in [0.05, 0.1) is 0 Å². The predicted octanol–water partition coefficient (Wildman–Crippen LogP) is 1.01. The average Bonchev–Trinajstić information content (AvgIpc) is 2.31. The molecule has 1 atom stereocenters. The van der Waals surface area contributed by atoms with Gasteiger partial charge in [-0.05, 0) is 30.7 Å². The van der Waals surface area contributed by atoms with Crippen LogP contribution in [0.2, 0.25) is 0 Å². The van der Waals surface area contributed by atoms with E-state index in [0.29, 0.717) is 12.2 Å². The Balaban J connectivity index is 2.76. The maximum atomic E-state index is 11.6. The van der Waals surface area contributed by atoms with Gasteiger partial charge in [-0.3, -0.25) is 4.79 Å². The molecule has 0 fully saturated rings. The van der Waals surface area contributed by atoms with Crippen molar-refractivity contribution in [1.82, 2.24) is 0 Å². The van der Waals surface area contributed by atoms with Crippen molar-refractivity contribution in [2.45, 2.75) is 13.3 Å². The van der Waals surface area contributed by atoms with Crippen LogP contribution in [-0.2, 0) is 4.79 Å². The van der Waals surface area contributed by atoms with Crippen molar-refractivity contribution in [3.8, 4) is 5.75 Å². The van der Waals surface area contributed by atoms with E-state index in [1.807, 2.05) is 6.92 Å². The van der Waals surface area contributed by atoms with Crippen molar-refractivity contribution in [2.75, 3.05) is 11.9 Å². The number of anilines is 1. The average molecular weight is 252 g/mol. The number of carboxylic acid groups (broad SMARTS) is 1. The number of nitrogens with two attached hydrogens (primary N) is 1. The van der Waals surface area contributed by atoms with Gasteiger partial charge in [-0.1, -0.05) is 6.92 Å². The second kappa shape index (κ2) is 6.02. The SMILES string of the molecule is CC(CN)CC(=O)Nc1ccc(O)c(C(=O)O)c1. The monoisotopic (exact) mass is 252 g/mol. The molecule has 0 aliphatic heterocycles. The van der Waals surface area contributed by atoms with E-state index in [2.05, 4.69) is 5.32 Å². The Morgan fingerprint density at radius 3 is 2.67 bits per heavy atom. The highest BCUT2D eigenvalue weighted by Gasteiger charge is 2.12. The van der Waals surface area contributed by atoms with Gasteiger partial charge in [-0.2, -0.15) is 0 Å². The van der Waals surface area contributed by atoms with Crippen molar-refractivity contribution in [3.05, 3.63) is 23.8 Å². The molecule has 0 heterocycles. The Labute approximate surface area is 104 Å². The molecule has 0 aromatic heterocycles. The number of carboxylic acids is 1. The Morgan fingerprint density at radius 1 is 1.44 bits per heavy atom. The fourth-order valence-electron chi connectivity index (χ4n) is 1.40. The van der Waals surface area contributed by atoms with E-state index in [0.717, 1.165) is 0 Å². The molecule has 1 aromatic rings. The number of benzene rings is 1. The molecule has 6 nitrogen and oxygen atoms in total. The molecule has 18 heavy (non-hydrogen) atoms. The maximum absolute atomic E-state index is 11.6. The van der Waals surface area contributed by atoms with Crippen molar-refractivity contribution in [2.24, 2.45) is 11.7 Å². The molecule has 0 bridgehead atoms. The summed E-state index contributed by atoms with van der Waals surface area (Å²) in [4.78, 5) is 22.4. The van der Waals surface area contributed by atoms with E-state index < -0.39 is 5.97 Å². The zero-order valence-electron chi connectivity index (χ0n) is 10.0. The van der Waals surface area contributed by atoms with E-state index >= 15 is 0 Å². The van der Waals surface area contributed by atoms with Gasteiger partial charge < -0.3 is 21.3 Å². The topological polar surface area (TPSA) is 113 Å². The summed E-state index contributed by atoms with van der Waals surface area (Å²) in [7, 11) is 0. The van der Waals surface area contributed by atoms with Crippen LogP contribution in [-0.4, -0.2) is 28.6 Å². The van der Waals surface area contributed by atoms with Gasteiger partial charge in [0.15, 0.2) is 0 Å². The molecular weight excluding hydrogens is 236 g/mol. The molecule has 1 aromatic carbocycles. The number of aromatic hydroxyl groups is 1. The fourth-order valence-corrected chi connectivity index (χ4v) is 1.40. The first kappa shape index (κ1) is 14.0. The minimum Gasteiger partial charge on any atom is -0.507 e. The van der Waals surface area contributed by atoms with Crippen molar-refractivity contribution in [1.29, 1.82) is 0 Å². The summed E-state index contributed by atoms with van der Waals surface area (Å²) in [5.41, 5.74) is 5.49. The van der Waals surface area contributed by atoms with Crippen LogP contribution in [0, 0.1) is 5.92 Å². The molecule has 1 amide bonds. The third kappa shape index (κ3) is 3.74. The molecule has 6 heteroatoms. The molecule has 0 saturated heterocycles. The second-order valence-corrected chi connectivity index (χ2v) is 4.13. The minimum absolute atomic E-state index is 0.0565. The van der Waals surface area contributed by atoms with Gasteiger partial charge in [0, 0.05) is 12.1 Å². The molecule has 0 aliphatic carbocycles. The van der Waals surface area contributed by atoms with E-state index in [9.17, 15) is 14.7 Å². The van der Waals surface area contributed by atoms with Gasteiger partial charge in [-0.25, -0.2) is 4.79 Å². The van der Waals surface area contributed by atoms with Gasteiger partial charge in [0.25, 0.3) is 0 Å². The van der Waals surface area contributed by atoms with Crippen LogP contribution in [0.1, 0.15) is 23.7 Å². The molecule has 1 rings (SSSR count). The van der Waals surface area contributed by atoms with Crippen molar-refractivity contribution >= 4 is 17.6 Å². The Bertz CT molecular complexity index is 459. The number of carbonyl (C=O) groups excluding carboxylic acids is 1. The number of amides is 1. The molecule has 98 valence electrons. The van der Waals surface area contributed by atoms with Crippen LogP contribution < -0.4 is 11.1 Å². The highest BCUT2D eigenvalue weighted by molar-refractivity contribution is 5.95. The number of hydrogen-bond donors (Lipinski definition) is 4. The van der Waals surface area contributed by atoms with Gasteiger partial charge >= 0.3 is 5.97 Å². The summed E-state index contributed by atoms with van der Waals surface area (Å²) in [5, 5.41) is 20.7. The number of hydrogen-bond acceptors (Lipinski definition) is 4. The molecule has 1 unspecified atom stereocenters. The van der Waals surface area contributed by atoms with Gasteiger partial charge in [-0.15, -0.1) is 0 Å². The first-order valence-corrected chi connectivity index (χ1v) is 5.50. The standard InChI is InChI=1S/C12H16N2O4/c1-7(6-13)4-11(16)14-8-2-3-10(15)9(5-8)12(17)18/h2-3,5,7,15H,4,6,13H2,1H3,(H,14,16)(H,17,18). The van der Waals surface area contributed by atoms with Crippen LogP contribution in [0.15, 0.2) is 18.2 Å². The normalized spacial score (nSPS) is 11.9. The quantitative estimate of drug-likeness (QED) is 0.584. The van der Waals surface area contributed by atoms with Crippen molar-refractivity contribution < 1.29 is 19.8 Å². The number of rotatable bonds is 5. The fraction of sp³-hybridized carbons (Fsp3) is 0.333. The van der Waals surface area contributed by atoms with Crippen LogP contribution in [0.5, 0.6) is 5.75 Å². The van der Waals surface area contributed by atoms with E-state index in [1.165, 1.54) is 18.2 Å². The van der Waals surface area contributed by atoms with E-state index in [4.69, 9.17) is 10.8 Å². The lowest BCUT2D eigenvalue weighted by molar-refractivity contribution is -0.116. The molecule has 0 aliphatic rings. The lowest BCUT2D eigenvalue weighted by Gasteiger charge is -2.10. The maximum Gasteiger partial charge on any atom is 0.339 e. The molecule has 5 N–H and O–H groups in total. The summed E-state index contributed by atoms with van der Waals surface area (Å²) in [6.45, 7) is 2.25. The van der Waals surface area contributed by atoms with E-state index in [1.54, 1.807) is 0 Å². The summed E-state index contributed by atoms with van der Waals surface area (Å²) in [5.74, 6) is -1.77. The first-order chi connectivity index (χ1) is 8.43. The smallest absolute Gasteiger partial charge is 0.339 e. The highest BCUT2D eigenvalue weighted by atomic mass is 16.4. The largest absolute Gasteiger partial charge is 0.507 e. The summed E-state index contributed by atoms with van der Waals surface area (Å²) in [6.07, 6.45) is 0.264. The Hall–Kier alpha value is -2.08. The van der Waals surface area contributed by atoms with Crippen LogP contribution in [0.3, 0.4) is 0 Å². The minimum atomic E-state index is -1.25. The summed E-state index contributed by atoms with van der Waals surface area (Å²) in [6, 6.07) is 3.88. The molecular formula is C12H16N2O4. The third-order valence-electron chi connectivity index (χ3n) is 2.45. The van der Waals surface area contributed by atoms with E-state index in [-0.39, 0.29) is 29.6 Å². The lowest BCUT2D eigenvalue weighted by atomic mass is 10.1. The molecule has 0 radical (unpaired) electrons. The number of carbonyl (C=O) groups is 2. The highest BCUT2D eigenvalue weighted by Crippen LogP contribution is 2.21. The second-order valence-electron chi connectivity index (χ2n) is 4.13. The van der Waals surface area contributed by atoms with Crippen LogP contribution >= 0.6 is 0 Å². The molecule has 0 spiro atoms. The number of aromatic carboxylic acids is 1. The van der Waals surface area contributed by atoms with Gasteiger partial charge in [0.2, 0.25) is 5.91 Å². The van der Waals surface area contributed by atoms with Crippen LogP contribution in [0.25, 0.3) is 0 Å². The third-order valence-corrected chi connectivity index (χ3v) is 2.45. The Kier molecular flexibility index (Phi) is 4.67. The van der Waals surface area contributed by atoms with Crippen LogP contribution in [0.4, 0.5) is 5.69 Å².